The molecule has 31 heavy (non-hydrogen) atoms. The van der Waals surface area contributed by atoms with Crippen LogP contribution in [0.3, 0.4) is 0 Å². The van der Waals surface area contributed by atoms with E-state index in [2.05, 4.69) is 4.98 Å². The molecule has 0 saturated carbocycles. The molecule has 0 fully saturated rings. The van der Waals surface area contributed by atoms with Crippen molar-refractivity contribution >= 4 is 9.84 Å². The van der Waals surface area contributed by atoms with Gasteiger partial charge >= 0.3 is 0 Å². The quantitative estimate of drug-likeness (QED) is 0.387. The summed E-state index contributed by atoms with van der Waals surface area (Å²) in [6.45, 7) is 4.32. The van der Waals surface area contributed by atoms with E-state index in [1.54, 1.807) is 36.8 Å². The lowest BCUT2D eigenvalue weighted by molar-refractivity contribution is 0.338. The Morgan fingerprint density at radius 1 is 0.935 bits per heavy atom. The molecule has 0 spiro atoms. The smallest absolute Gasteiger partial charge is 0.227 e. The molecule has 0 amide bonds. The lowest BCUT2D eigenvalue weighted by atomic mass is 10.1. The van der Waals surface area contributed by atoms with Crippen molar-refractivity contribution < 1.29 is 17.6 Å². The number of ether oxygens (including phenoxy) is 1. The van der Waals surface area contributed by atoms with E-state index in [9.17, 15) is 8.42 Å². The van der Waals surface area contributed by atoms with Crippen LogP contribution < -0.4 is 4.74 Å². The lowest BCUT2D eigenvalue weighted by Crippen LogP contribution is -2.05. The van der Waals surface area contributed by atoms with E-state index in [4.69, 9.17) is 9.15 Å². The molecule has 1 heterocycles. The largest absolute Gasteiger partial charge is 0.494 e. The molecule has 0 unspecified atom stereocenters. The van der Waals surface area contributed by atoms with Crippen LogP contribution in [-0.4, -0.2) is 20.0 Å². The van der Waals surface area contributed by atoms with E-state index in [0.717, 1.165) is 11.1 Å². The Morgan fingerprint density at radius 3 is 2.35 bits per heavy atom. The van der Waals surface area contributed by atoms with E-state index in [1.165, 1.54) is 0 Å². The zero-order valence-electron chi connectivity index (χ0n) is 17.3. The van der Waals surface area contributed by atoms with Gasteiger partial charge in [-0.2, -0.15) is 4.98 Å². The highest BCUT2D eigenvalue weighted by atomic mass is 32.2. The number of sulfone groups is 1. The van der Waals surface area contributed by atoms with Crippen LogP contribution in [0, 0.1) is 13.3 Å². The highest BCUT2D eigenvalue weighted by Crippen LogP contribution is 2.34. The summed E-state index contributed by atoms with van der Waals surface area (Å²) < 4.78 is 38.5. The summed E-state index contributed by atoms with van der Waals surface area (Å²) in [5, 5.41) is -0.122. The molecular formula is C25H22NO4S. The topological polar surface area (TPSA) is 69.4 Å². The van der Waals surface area contributed by atoms with Crippen molar-refractivity contribution in [3.05, 3.63) is 102 Å². The van der Waals surface area contributed by atoms with Crippen LogP contribution in [0.4, 0.5) is 0 Å². The van der Waals surface area contributed by atoms with Crippen molar-refractivity contribution in [2.75, 3.05) is 6.61 Å². The number of oxazole rings is 1. The third-order valence-corrected chi connectivity index (χ3v) is 6.50. The van der Waals surface area contributed by atoms with E-state index in [0.29, 0.717) is 17.9 Å². The average molecular weight is 433 g/mol. The highest BCUT2D eigenvalue weighted by Gasteiger charge is 2.29. The molecule has 0 aliphatic heterocycles. The summed E-state index contributed by atoms with van der Waals surface area (Å²) in [5.41, 5.74) is 2.39. The van der Waals surface area contributed by atoms with Gasteiger partial charge in [-0.1, -0.05) is 54.6 Å². The SMILES string of the molecule is CCOc1ccccc1[CH]c1oc(-c2ccccc2C)nc1S(=O)(=O)c1ccccc1. The van der Waals surface area contributed by atoms with Crippen LogP contribution in [0.2, 0.25) is 0 Å². The fourth-order valence-corrected chi connectivity index (χ4v) is 4.58. The summed E-state index contributed by atoms with van der Waals surface area (Å²) in [5.74, 6) is 1.06. The average Bonchev–Trinajstić information content (AvgIpc) is 3.21. The van der Waals surface area contributed by atoms with E-state index >= 15 is 0 Å². The monoisotopic (exact) mass is 432 g/mol. The summed E-state index contributed by atoms with van der Waals surface area (Å²) >= 11 is 0. The van der Waals surface area contributed by atoms with Crippen molar-refractivity contribution in [3.8, 4) is 17.2 Å². The fourth-order valence-electron chi connectivity index (χ4n) is 3.27. The zero-order valence-corrected chi connectivity index (χ0v) is 18.1. The maximum absolute atomic E-state index is 13.4. The van der Waals surface area contributed by atoms with Gasteiger partial charge in [0.1, 0.15) is 5.75 Å². The van der Waals surface area contributed by atoms with Gasteiger partial charge in [0.05, 0.1) is 17.9 Å². The number of para-hydroxylation sites is 1. The highest BCUT2D eigenvalue weighted by molar-refractivity contribution is 7.91. The summed E-state index contributed by atoms with van der Waals surface area (Å²) in [4.78, 5) is 4.59. The zero-order chi connectivity index (χ0) is 21.8. The molecule has 157 valence electrons. The van der Waals surface area contributed by atoms with Crippen LogP contribution in [-0.2, 0) is 9.84 Å². The second kappa shape index (κ2) is 8.78. The number of nitrogens with zero attached hydrogens (tertiary/aromatic N) is 1. The Kier molecular flexibility index (Phi) is 5.91. The molecule has 0 atom stereocenters. The number of rotatable bonds is 7. The summed E-state index contributed by atoms with van der Waals surface area (Å²) in [6, 6.07) is 23.2. The van der Waals surface area contributed by atoms with E-state index in [1.807, 2.05) is 62.4 Å². The number of hydrogen-bond acceptors (Lipinski definition) is 5. The third-order valence-electron chi connectivity index (χ3n) is 4.81. The molecule has 0 bridgehead atoms. The van der Waals surface area contributed by atoms with Crippen molar-refractivity contribution in [1.82, 2.24) is 4.98 Å². The Morgan fingerprint density at radius 2 is 1.61 bits per heavy atom. The van der Waals surface area contributed by atoms with Gasteiger partial charge in [0.2, 0.25) is 20.8 Å². The van der Waals surface area contributed by atoms with E-state index < -0.39 is 9.84 Å². The van der Waals surface area contributed by atoms with Gasteiger partial charge in [0.25, 0.3) is 0 Å². The molecule has 4 rings (SSSR count). The van der Waals surface area contributed by atoms with Gasteiger partial charge in [0.15, 0.2) is 5.76 Å². The van der Waals surface area contributed by atoms with Crippen LogP contribution in [0.15, 0.2) is 93.2 Å². The molecule has 1 radical (unpaired) electrons. The summed E-state index contributed by atoms with van der Waals surface area (Å²) in [6.07, 6.45) is 1.66. The third kappa shape index (κ3) is 4.25. The van der Waals surface area contributed by atoms with Gasteiger partial charge in [-0.3, -0.25) is 0 Å². The first kappa shape index (κ1) is 20.9. The predicted octanol–water partition coefficient (Wildman–Crippen LogP) is 5.48. The Bertz CT molecular complexity index is 1290. The number of benzene rings is 3. The number of aryl methyl sites for hydroxylation is 1. The van der Waals surface area contributed by atoms with E-state index in [-0.39, 0.29) is 21.6 Å². The molecular weight excluding hydrogens is 410 g/mol. The van der Waals surface area contributed by atoms with Gasteiger partial charge < -0.3 is 9.15 Å². The molecule has 1 aromatic heterocycles. The number of hydrogen-bond donors (Lipinski definition) is 0. The molecule has 0 aliphatic carbocycles. The van der Waals surface area contributed by atoms with Crippen LogP contribution in [0.25, 0.3) is 11.5 Å². The second-order valence-electron chi connectivity index (χ2n) is 6.94. The molecule has 6 heteroatoms. The summed E-state index contributed by atoms with van der Waals surface area (Å²) in [7, 11) is -3.89. The Balaban J connectivity index is 1.87. The van der Waals surface area contributed by atoms with Crippen LogP contribution >= 0.6 is 0 Å². The fraction of sp³-hybridized carbons (Fsp3) is 0.120. The van der Waals surface area contributed by atoms with Gasteiger partial charge in [-0.05, 0) is 43.7 Å². The van der Waals surface area contributed by atoms with Crippen molar-refractivity contribution in [2.24, 2.45) is 0 Å². The minimum Gasteiger partial charge on any atom is -0.494 e. The molecule has 0 saturated heterocycles. The second-order valence-corrected chi connectivity index (χ2v) is 8.80. The van der Waals surface area contributed by atoms with Crippen LogP contribution in [0.1, 0.15) is 23.8 Å². The first-order chi connectivity index (χ1) is 15.0. The van der Waals surface area contributed by atoms with Gasteiger partial charge in [-0.25, -0.2) is 8.42 Å². The minimum atomic E-state index is -3.89. The molecule has 4 aromatic rings. The first-order valence-corrected chi connectivity index (χ1v) is 11.4. The standard InChI is InChI=1S/C25H22NO4S/c1-3-29-22-16-10-8-12-19(22)17-23-25(31(27,28)20-13-5-4-6-14-20)26-24(30-23)21-15-9-7-11-18(21)2/h4-17H,3H2,1-2H3. The molecule has 0 aliphatic rings. The minimum absolute atomic E-state index is 0.122. The Labute approximate surface area is 182 Å². The molecule has 5 nitrogen and oxygen atoms in total. The lowest BCUT2D eigenvalue weighted by Gasteiger charge is -2.09. The van der Waals surface area contributed by atoms with Crippen molar-refractivity contribution in [2.45, 2.75) is 23.8 Å². The first-order valence-electron chi connectivity index (χ1n) is 9.94. The Hall–Kier alpha value is -3.38. The van der Waals surface area contributed by atoms with Gasteiger partial charge in [0, 0.05) is 11.1 Å². The molecule has 3 aromatic carbocycles. The van der Waals surface area contributed by atoms with Crippen LogP contribution in [0.5, 0.6) is 5.75 Å². The number of aromatic nitrogens is 1. The maximum atomic E-state index is 13.4. The van der Waals surface area contributed by atoms with Crippen molar-refractivity contribution in [1.29, 1.82) is 0 Å². The predicted molar refractivity (Wildman–Crippen MR) is 119 cm³/mol. The molecule has 0 N–H and O–H groups in total. The van der Waals surface area contributed by atoms with Gasteiger partial charge in [-0.15, -0.1) is 0 Å². The maximum Gasteiger partial charge on any atom is 0.227 e. The van der Waals surface area contributed by atoms with Crippen molar-refractivity contribution in [3.63, 3.8) is 0 Å². The normalized spacial score (nSPS) is 11.4.